The molecule has 37 heavy (non-hydrogen) atoms. The number of ether oxygens (including phenoxy) is 1. The molecule has 0 spiro atoms. The molecule has 0 fully saturated rings. The number of methoxy groups -OCH3 is 1. The fourth-order valence-electron chi connectivity index (χ4n) is 3.73. The monoisotopic (exact) mass is 543 g/mol. The quantitative estimate of drug-likeness (QED) is 0.393. The van der Waals surface area contributed by atoms with Crippen molar-refractivity contribution in [3.8, 4) is 5.75 Å². The summed E-state index contributed by atoms with van der Waals surface area (Å²) in [5.74, 6) is -0.277. The van der Waals surface area contributed by atoms with E-state index < -0.39 is 28.5 Å². The van der Waals surface area contributed by atoms with E-state index in [1.54, 1.807) is 69.5 Å². The zero-order valence-corrected chi connectivity index (χ0v) is 22.5. The van der Waals surface area contributed by atoms with E-state index in [0.717, 1.165) is 9.87 Å². The van der Waals surface area contributed by atoms with Crippen molar-refractivity contribution in [3.05, 3.63) is 89.4 Å². The molecule has 0 saturated carbocycles. The van der Waals surface area contributed by atoms with E-state index >= 15 is 0 Å². The first kappa shape index (κ1) is 28.0. The minimum Gasteiger partial charge on any atom is -0.497 e. The third-order valence-electron chi connectivity index (χ3n) is 5.73. The molecule has 3 aromatic carbocycles. The van der Waals surface area contributed by atoms with E-state index in [-0.39, 0.29) is 17.3 Å². The lowest BCUT2D eigenvalue weighted by Crippen LogP contribution is -2.51. The fourth-order valence-corrected chi connectivity index (χ4v) is 5.27. The number of sulfonamides is 1. The van der Waals surface area contributed by atoms with E-state index in [0.29, 0.717) is 23.0 Å². The molecule has 8 nitrogen and oxygen atoms in total. The third-order valence-corrected chi connectivity index (χ3v) is 7.77. The Kier molecular flexibility index (Phi) is 9.54. The first-order valence-corrected chi connectivity index (χ1v) is 13.5. The summed E-state index contributed by atoms with van der Waals surface area (Å²) in [6.45, 7) is 3.37. The first-order chi connectivity index (χ1) is 17.7. The topological polar surface area (TPSA) is 96.0 Å². The molecule has 3 rings (SSSR count). The van der Waals surface area contributed by atoms with Gasteiger partial charge in [0.05, 0.1) is 17.7 Å². The highest BCUT2D eigenvalue weighted by Crippen LogP contribution is 2.25. The van der Waals surface area contributed by atoms with E-state index in [1.165, 1.54) is 29.2 Å². The van der Waals surface area contributed by atoms with Gasteiger partial charge in [0.2, 0.25) is 11.8 Å². The number of carbonyl (C=O) groups excluding carboxylic acids is 2. The molecule has 0 aliphatic rings. The Morgan fingerprint density at radius 2 is 1.68 bits per heavy atom. The number of nitrogens with one attached hydrogen (secondary N) is 1. The molecule has 196 valence electrons. The summed E-state index contributed by atoms with van der Waals surface area (Å²) < 4.78 is 33.7. The maximum absolute atomic E-state index is 13.8. The second-order valence-electron chi connectivity index (χ2n) is 8.24. The van der Waals surface area contributed by atoms with Crippen LogP contribution in [0.4, 0.5) is 5.69 Å². The smallest absolute Gasteiger partial charge is 0.264 e. The highest BCUT2D eigenvalue weighted by Gasteiger charge is 2.32. The number of para-hydroxylation sites is 1. The molecular formula is C27H30ClN3O5S. The van der Waals surface area contributed by atoms with Gasteiger partial charge in [-0.05, 0) is 67.9 Å². The van der Waals surface area contributed by atoms with Gasteiger partial charge in [-0.1, -0.05) is 41.9 Å². The number of hydrogen-bond acceptors (Lipinski definition) is 5. The van der Waals surface area contributed by atoms with E-state index in [9.17, 15) is 18.0 Å². The van der Waals surface area contributed by atoms with Crippen LogP contribution in [0.2, 0.25) is 5.02 Å². The highest BCUT2D eigenvalue weighted by molar-refractivity contribution is 7.92. The van der Waals surface area contributed by atoms with Crippen LogP contribution < -0.4 is 14.4 Å². The largest absolute Gasteiger partial charge is 0.497 e. The van der Waals surface area contributed by atoms with Gasteiger partial charge in [-0.3, -0.25) is 13.9 Å². The molecule has 2 amide bonds. The van der Waals surface area contributed by atoms with Crippen LogP contribution in [0.5, 0.6) is 5.75 Å². The molecule has 3 aromatic rings. The lowest BCUT2D eigenvalue weighted by Gasteiger charge is -2.32. The Morgan fingerprint density at radius 3 is 2.30 bits per heavy atom. The Balaban J connectivity index is 2.00. The first-order valence-electron chi connectivity index (χ1n) is 11.7. The van der Waals surface area contributed by atoms with Crippen molar-refractivity contribution in [1.82, 2.24) is 10.2 Å². The number of rotatable bonds is 11. The number of hydrogen-bond donors (Lipinski definition) is 1. The molecule has 0 unspecified atom stereocenters. The zero-order valence-electron chi connectivity index (χ0n) is 20.9. The Bertz CT molecular complexity index is 1320. The Hall–Kier alpha value is -3.56. The van der Waals surface area contributed by atoms with Crippen LogP contribution in [-0.2, 0) is 26.2 Å². The van der Waals surface area contributed by atoms with Crippen LogP contribution >= 0.6 is 11.6 Å². The molecule has 0 radical (unpaired) electrons. The summed E-state index contributed by atoms with van der Waals surface area (Å²) in [5.41, 5.74) is 1.05. The van der Waals surface area contributed by atoms with Gasteiger partial charge < -0.3 is 15.0 Å². The maximum atomic E-state index is 13.8. The highest BCUT2D eigenvalue weighted by atomic mass is 35.5. The minimum absolute atomic E-state index is 0.00956. The summed E-state index contributed by atoms with van der Waals surface area (Å²) in [6, 6.07) is 20.4. The van der Waals surface area contributed by atoms with E-state index in [1.807, 2.05) is 6.07 Å². The number of benzene rings is 3. The van der Waals surface area contributed by atoms with Gasteiger partial charge in [0, 0.05) is 18.1 Å². The molecule has 0 saturated heterocycles. The standard InChI is InChI=1S/C27H30ClN3O5S/c1-4-29-27(33)20(2)30(18-21-9-8-12-24(17-21)36-3)26(32)19-31(23-10-6-5-7-11-23)37(34,35)25-15-13-22(28)14-16-25/h5-17,20H,4,18-19H2,1-3H3,(H,29,33)/t20-/m0/s1. The summed E-state index contributed by atoms with van der Waals surface area (Å²) in [6.07, 6.45) is 0. The predicted molar refractivity (Wildman–Crippen MR) is 144 cm³/mol. The molecular weight excluding hydrogens is 514 g/mol. The Morgan fingerprint density at radius 1 is 1.00 bits per heavy atom. The number of carbonyl (C=O) groups is 2. The lowest BCUT2D eigenvalue weighted by atomic mass is 10.1. The number of anilines is 1. The molecule has 0 aliphatic carbocycles. The fraction of sp³-hybridized carbons (Fsp3) is 0.259. The molecule has 0 heterocycles. The number of halogens is 1. The second kappa shape index (κ2) is 12.6. The summed E-state index contributed by atoms with van der Waals surface area (Å²) in [7, 11) is -2.59. The van der Waals surface area contributed by atoms with Crippen molar-refractivity contribution in [2.45, 2.75) is 31.3 Å². The SMILES string of the molecule is CCNC(=O)[C@H](C)N(Cc1cccc(OC)c1)C(=O)CN(c1ccccc1)S(=O)(=O)c1ccc(Cl)cc1. The Labute approximate surface area is 222 Å². The van der Waals surface area contributed by atoms with Gasteiger partial charge >= 0.3 is 0 Å². The van der Waals surface area contributed by atoms with Crippen molar-refractivity contribution in [3.63, 3.8) is 0 Å². The van der Waals surface area contributed by atoms with Crippen LogP contribution in [-0.4, -0.2) is 51.4 Å². The van der Waals surface area contributed by atoms with Crippen molar-refractivity contribution < 1.29 is 22.7 Å². The van der Waals surface area contributed by atoms with Crippen LogP contribution in [0.3, 0.4) is 0 Å². The van der Waals surface area contributed by atoms with Crippen molar-refractivity contribution >= 4 is 39.1 Å². The van der Waals surface area contributed by atoms with Crippen molar-refractivity contribution in [2.75, 3.05) is 24.5 Å². The van der Waals surface area contributed by atoms with Crippen LogP contribution in [0.25, 0.3) is 0 Å². The average Bonchev–Trinajstić information content (AvgIpc) is 2.90. The molecule has 0 aliphatic heterocycles. The van der Waals surface area contributed by atoms with Gasteiger partial charge in [-0.15, -0.1) is 0 Å². The van der Waals surface area contributed by atoms with E-state index in [2.05, 4.69) is 5.32 Å². The third kappa shape index (κ3) is 7.02. The summed E-state index contributed by atoms with van der Waals surface area (Å²) in [4.78, 5) is 27.8. The molecule has 10 heteroatoms. The van der Waals surface area contributed by atoms with Crippen LogP contribution in [0.1, 0.15) is 19.4 Å². The molecule has 1 N–H and O–H groups in total. The number of amides is 2. The van der Waals surface area contributed by atoms with Crippen LogP contribution in [0.15, 0.2) is 83.8 Å². The van der Waals surface area contributed by atoms with E-state index in [4.69, 9.17) is 16.3 Å². The predicted octanol–water partition coefficient (Wildman–Crippen LogP) is 4.10. The zero-order chi connectivity index (χ0) is 27.0. The van der Waals surface area contributed by atoms with Crippen molar-refractivity contribution in [2.24, 2.45) is 0 Å². The second-order valence-corrected chi connectivity index (χ2v) is 10.5. The normalized spacial score (nSPS) is 11.9. The van der Waals surface area contributed by atoms with Gasteiger partial charge in [0.15, 0.2) is 0 Å². The van der Waals surface area contributed by atoms with Gasteiger partial charge in [-0.25, -0.2) is 8.42 Å². The van der Waals surface area contributed by atoms with Gasteiger partial charge in [0.1, 0.15) is 18.3 Å². The minimum atomic E-state index is -4.13. The number of nitrogens with zero attached hydrogens (tertiary/aromatic N) is 2. The molecule has 0 aromatic heterocycles. The average molecular weight is 544 g/mol. The summed E-state index contributed by atoms with van der Waals surface area (Å²) in [5, 5.41) is 3.12. The lowest BCUT2D eigenvalue weighted by molar-refractivity contribution is -0.139. The van der Waals surface area contributed by atoms with Gasteiger partial charge in [0.25, 0.3) is 10.0 Å². The van der Waals surface area contributed by atoms with Crippen LogP contribution in [0, 0.1) is 0 Å². The molecule has 1 atom stereocenters. The summed E-state index contributed by atoms with van der Waals surface area (Å²) >= 11 is 5.96. The molecule has 0 bridgehead atoms. The number of likely N-dealkylation sites (N-methyl/N-ethyl adjacent to an activating group) is 1. The van der Waals surface area contributed by atoms with Gasteiger partial charge in [-0.2, -0.15) is 0 Å². The maximum Gasteiger partial charge on any atom is 0.264 e. The van der Waals surface area contributed by atoms with Crippen molar-refractivity contribution in [1.29, 1.82) is 0 Å².